The molecule has 1 heterocycles. The first-order valence-electron chi connectivity index (χ1n) is 8.16. The number of carbonyl (C=O) groups excluding carboxylic acids is 1. The second-order valence-electron chi connectivity index (χ2n) is 5.78. The number of ether oxygens (including phenoxy) is 1. The van der Waals surface area contributed by atoms with Crippen LogP contribution in [-0.4, -0.2) is 15.8 Å². The number of nitro groups is 1. The fraction of sp³-hybridized carbons (Fsp3) is 0.158. The number of thiazole rings is 1. The van der Waals surface area contributed by atoms with Gasteiger partial charge >= 0.3 is 0 Å². The van der Waals surface area contributed by atoms with Gasteiger partial charge in [0.15, 0.2) is 0 Å². The molecule has 8 heteroatoms. The molecule has 0 atom stereocenters. The van der Waals surface area contributed by atoms with Crippen molar-refractivity contribution < 1.29 is 14.5 Å². The lowest BCUT2D eigenvalue weighted by atomic mass is 10.2. The summed E-state index contributed by atoms with van der Waals surface area (Å²) < 4.78 is 5.66. The molecule has 0 saturated heterocycles. The molecule has 0 unspecified atom stereocenters. The molecule has 0 bridgehead atoms. The van der Waals surface area contributed by atoms with E-state index in [0.717, 1.165) is 16.3 Å². The molecular weight excluding hydrogens is 366 g/mol. The van der Waals surface area contributed by atoms with Crippen molar-refractivity contribution in [3.8, 4) is 5.75 Å². The third-order valence-electron chi connectivity index (χ3n) is 3.77. The molecular formula is C19H17N3O4S. The monoisotopic (exact) mass is 383 g/mol. The van der Waals surface area contributed by atoms with Crippen LogP contribution in [0.15, 0.2) is 53.9 Å². The predicted molar refractivity (Wildman–Crippen MR) is 102 cm³/mol. The maximum Gasteiger partial charge on any atom is 0.269 e. The number of aryl methyl sites for hydroxylation is 1. The zero-order valence-electron chi connectivity index (χ0n) is 14.5. The van der Waals surface area contributed by atoms with Crippen LogP contribution in [0.5, 0.6) is 5.75 Å². The largest absolute Gasteiger partial charge is 0.487 e. The SMILES string of the molecule is Cc1nc(COc2ccc(C(=O)NCc3ccc([N+](=O)[O-])cc3)cc2)cs1. The van der Waals surface area contributed by atoms with Crippen molar-refractivity contribution in [3.63, 3.8) is 0 Å². The summed E-state index contributed by atoms with van der Waals surface area (Å²) in [5, 5.41) is 16.4. The molecule has 27 heavy (non-hydrogen) atoms. The van der Waals surface area contributed by atoms with Gasteiger partial charge in [-0.25, -0.2) is 4.98 Å². The third kappa shape index (κ3) is 5.11. The Balaban J connectivity index is 1.51. The van der Waals surface area contributed by atoms with E-state index in [1.807, 2.05) is 12.3 Å². The van der Waals surface area contributed by atoms with E-state index in [4.69, 9.17) is 4.74 Å². The van der Waals surface area contributed by atoms with Crippen molar-refractivity contribution in [2.45, 2.75) is 20.1 Å². The zero-order valence-corrected chi connectivity index (χ0v) is 15.4. The third-order valence-corrected chi connectivity index (χ3v) is 4.59. The number of amides is 1. The maximum absolute atomic E-state index is 12.2. The number of hydrogen-bond donors (Lipinski definition) is 1. The number of hydrogen-bond acceptors (Lipinski definition) is 6. The molecule has 0 aliphatic carbocycles. The van der Waals surface area contributed by atoms with Crippen molar-refractivity contribution >= 4 is 22.9 Å². The molecule has 0 saturated carbocycles. The minimum absolute atomic E-state index is 0.0217. The Morgan fingerprint density at radius 1 is 1.19 bits per heavy atom. The highest BCUT2D eigenvalue weighted by molar-refractivity contribution is 7.09. The van der Waals surface area contributed by atoms with Crippen LogP contribution < -0.4 is 10.1 Å². The lowest BCUT2D eigenvalue weighted by Gasteiger charge is -2.07. The molecule has 0 fully saturated rings. The summed E-state index contributed by atoms with van der Waals surface area (Å²) >= 11 is 1.57. The van der Waals surface area contributed by atoms with Gasteiger partial charge in [-0.1, -0.05) is 12.1 Å². The molecule has 0 radical (unpaired) electrons. The van der Waals surface area contributed by atoms with E-state index in [-0.39, 0.29) is 18.1 Å². The molecule has 1 aromatic heterocycles. The lowest BCUT2D eigenvalue weighted by Crippen LogP contribution is -2.22. The standard InChI is InChI=1S/C19H17N3O4S/c1-13-21-16(12-27-13)11-26-18-8-4-15(5-9-18)19(23)20-10-14-2-6-17(7-3-14)22(24)25/h2-9,12H,10-11H2,1H3,(H,20,23). The van der Waals surface area contributed by atoms with Gasteiger partial charge in [-0.3, -0.25) is 14.9 Å². The smallest absolute Gasteiger partial charge is 0.269 e. The van der Waals surface area contributed by atoms with E-state index < -0.39 is 4.92 Å². The molecule has 7 nitrogen and oxygen atoms in total. The first kappa shape index (κ1) is 18.5. The Hall–Kier alpha value is -3.26. The average molecular weight is 383 g/mol. The number of nitro benzene ring substituents is 1. The van der Waals surface area contributed by atoms with Crippen LogP contribution >= 0.6 is 11.3 Å². The Morgan fingerprint density at radius 2 is 1.89 bits per heavy atom. The normalized spacial score (nSPS) is 10.4. The van der Waals surface area contributed by atoms with Gasteiger partial charge in [-0.15, -0.1) is 11.3 Å². The summed E-state index contributed by atoms with van der Waals surface area (Å²) in [4.78, 5) is 26.7. The van der Waals surface area contributed by atoms with Crippen LogP contribution in [0, 0.1) is 17.0 Å². The van der Waals surface area contributed by atoms with Crippen LogP contribution in [0.4, 0.5) is 5.69 Å². The lowest BCUT2D eigenvalue weighted by molar-refractivity contribution is -0.384. The molecule has 2 aromatic carbocycles. The van der Waals surface area contributed by atoms with Crippen LogP contribution in [0.3, 0.4) is 0 Å². The van der Waals surface area contributed by atoms with Gasteiger partial charge < -0.3 is 10.1 Å². The summed E-state index contributed by atoms with van der Waals surface area (Å²) in [7, 11) is 0. The number of rotatable bonds is 7. The van der Waals surface area contributed by atoms with Crippen molar-refractivity contribution in [1.29, 1.82) is 0 Å². The molecule has 3 aromatic rings. The van der Waals surface area contributed by atoms with Gasteiger partial charge in [0.2, 0.25) is 0 Å². The Kier molecular flexibility index (Phi) is 5.77. The highest BCUT2D eigenvalue weighted by atomic mass is 32.1. The molecule has 0 spiro atoms. The molecule has 1 N–H and O–H groups in total. The topological polar surface area (TPSA) is 94.4 Å². The van der Waals surface area contributed by atoms with Crippen LogP contribution in [0.1, 0.15) is 26.6 Å². The first-order valence-corrected chi connectivity index (χ1v) is 9.04. The molecule has 0 aliphatic heterocycles. The maximum atomic E-state index is 12.2. The minimum Gasteiger partial charge on any atom is -0.487 e. The summed E-state index contributed by atoms with van der Waals surface area (Å²) in [5.41, 5.74) is 2.19. The van der Waals surface area contributed by atoms with Crippen molar-refractivity contribution in [2.75, 3.05) is 0 Å². The summed E-state index contributed by atoms with van der Waals surface area (Å²) in [5.74, 6) is 0.433. The first-order chi connectivity index (χ1) is 13.0. The second kappa shape index (κ2) is 8.41. The highest BCUT2D eigenvalue weighted by Gasteiger charge is 2.08. The van der Waals surface area contributed by atoms with Gasteiger partial charge in [0.1, 0.15) is 12.4 Å². The van der Waals surface area contributed by atoms with Gasteiger partial charge in [-0.05, 0) is 36.8 Å². The fourth-order valence-corrected chi connectivity index (χ4v) is 2.95. The van der Waals surface area contributed by atoms with Crippen molar-refractivity contribution in [2.24, 2.45) is 0 Å². The fourth-order valence-electron chi connectivity index (χ4n) is 2.35. The van der Waals surface area contributed by atoms with Crippen LogP contribution in [0.25, 0.3) is 0 Å². The number of aromatic nitrogens is 1. The quantitative estimate of drug-likeness (QED) is 0.494. The summed E-state index contributed by atoms with van der Waals surface area (Å²) in [6, 6.07) is 12.9. The van der Waals surface area contributed by atoms with Crippen LogP contribution in [0.2, 0.25) is 0 Å². The predicted octanol–water partition coefficient (Wildman–Crippen LogP) is 3.87. The molecule has 3 rings (SSSR count). The van der Waals surface area contributed by atoms with Crippen molar-refractivity contribution in [1.82, 2.24) is 10.3 Å². The van der Waals surface area contributed by atoms with E-state index >= 15 is 0 Å². The highest BCUT2D eigenvalue weighted by Crippen LogP contribution is 2.16. The average Bonchev–Trinajstić information content (AvgIpc) is 3.10. The van der Waals surface area contributed by atoms with Gasteiger partial charge in [0.25, 0.3) is 11.6 Å². The second-order valence-corrected chi connectivity index (χ2v) is 6.84. The number of non-ortho nitro benzene ring substituents is 1. The van der Waals surface area contributed by atoms with Crippen LogP contribution in [-0.2, 0) is 13.2 Å². The summed E-state index contributed by atoms with van der Waals surface area (Å²) in [6.07, 6.45) is 0. The van der Waals surface area contributed by atoms with E-state index in [0.29, 0.717) is 17.9 Å². The number of nitrogens with one attached hydrogen (secondary N) is 1. The van der Waals surface area contributed by atoms with E-state index in [9.17, 15) is 14.9 Å². The molecule has 1 amide bonds. The summed E-state index contributed by atoms with van der Waals surface area (Å²) in [6.45, 7) is 2.62. The molecule has 0 aliphatic rings. The number of benzene rings is 2. The zero-order chi connectivity index (χ0) is 19.2. The van der Waals surface area contributed by atoms with Gasteiger partial charge in [0.05, 0.1) is 15.6 Å². The van der Waals surface area contributed by atoms with E-state index in [1.165, 1.54) is 12.1 Å². The van der Waals surface area contributed by atoms with E-state index in [1.54, 1.807) is 47.7 Å². The number of carbonyl (C=O) groups is 1. The Labute approximate surface area is 159 Å². The minimum atomic E-state index is -0.457. The molecule has 138 valence electrons. The Bertz CT molecular complexity index is 936. The Morgan fingerprint density at radius 3 is 2.48 bits per heavy atom. The van der Waals surface area contributed by atoms with Crippen molar-refractivity contribution in [3.05, 3.63) is 85.9 Å². The van der Waals surface area contributed by atoms with Gasteiger partial charge in [-0.2, -0.15) is 0 Å². The number of nitrogens with zero attached hydrogens (tertiary/aromatic N) is 2. The van der Waals surface area contributed by atoms with Gasteiger partial charge in [0, 0.05) is 29.6 Å². The van der Waals surface area contributed by atoms with E-state index in [2.05, 4.69) is 10.3 Å².